The summed E-state index contributed by atoms with van der Waals surface area (Å²) < 4.78 is 27.3. The second-order valence-corrected chi connectivity index (χ2v) is 7.05. The maximum absolute atomic E-state index is 12.4. The van der Waals surface area contributed by atoms with Crippen LogP contribution in [0, 0.1) is 0 Å². The number of aromatic carboxylic acids is 1. The van der Waals surface area contributed by atoms with Gasteiger partial charge in [0.2, 0.25) is 10.0 Å². The van der Waals surface area contributed by atoms with Crippen LogP contribution in [0.4, 0.5) is 5.69 Å². The molecule has 1 rings (SSSR count). The summed E-state index contributed by atoms with van der Waals surface area (Å²) in [5.74, 6) is -1.17. The van der Waals surface area contributed by atoms with Gasteiger partial charge in [0.15, 0.2) is 0 Å². The average molecular weight is 300 g/mol. The summed E-state index contributed by atoms with van der Waals surface area (Å²) in [4.78, 5) is 10.9. The van der Waals surface area contributed by atoms with Crippen LogP contribution in [0.5, 0.6) is 0 Å². The van der Waals surface area contributed by atoms with Crippen molar-refractivity contribution in [3.63, 3.8) is 0 Å². The van der Waals surface area contributed by atoms with E-state index in [4.69, 9.17) is 5.11 Å². The first kappa shape index (κ1) is 16.5. The van der Waals surface area contributed by atoms with Gasteiger partial charge in [-0.25, -0.2) is 17.9 Å². The van der Waals surface area contributed by atoms with Crippen LogP contribution in [0.3, 0.4) is 0 Å². The fourth-order valence-corrected chi connectivity index (χ4v) is 3.30. The highest BCUT2D eigenvalue weighted by Gasteiger charge is 2.25. The second-order valence-electron chi connectivity index (χ2n) is 5.40. The molecular formula is C13H20N2O4S. The van der Waals surface area contributed by atoms with Crippen LogP contribution in [0.2, 0.25) is 0 Å². The minimum atomic E-state index is -3.80. The molecule has 112 valence electrons. The van der Waals surface area contributed by atoms with E-state index in [-0.39, 0.29) is 10.5 Å². The van der Waals surface area contributed by atoms with Crippen LogP contribution in [0.1, 0.15) is 38.1 Å². The first-order chi connectivity index (χ1) is 9.07. The molecule has 0 unspecified atom stereocenters. The molecule has 1 aromatic rings. The largest absolute Gasteiger partial charge is 0.478 e. The van der Waals surface area contributed by atoms with Crippen molar-refractivity contribution in [2.24, 2.45) is 0 Å². The Morgan fingerprint density at radius 3 is 2.35 bits per heavy atom. The lowest BCUT2D eigenvalue weighted by Crippen LogP contribution is -2.40. The van der Waals surface area contributed by atoms with Gasteiger partial charge in [-0.05, 0) is 45.9 Å². The number of sulfonamides is 1. The van der Waals surface area contributed by atoms with Gasteiger partial charge < -0.3 is 10.4 Å². The van der Waals surface area contributed by atoms with Gasteiger partial charge in [-0.3, -0.25) is 0 Å². The third-order valence-corrected chi connectivity index (χ3v) is 4.12. The fourth-order valence-electron chi connectivity index (χ4n) is 1.67. The summed E-state index contributed by atoms with van der Waals surface area (Å²) >= 11 is 0. The zero-order valence-electron chi connectivity index (χ0n) is 12.0. The maximum Gasteiger partial charge on any atom is 0.335 e. The minimum absolute atomic E-state index is 0.0609. The van der Waals surface area contributed by atoms with Crippen LogP contribution >= 0.6 is 0 Å². The van der Waals surface area contributed by atoms with E-state index in [9.17, 15) is 13.2 Å². The van der Waals surface area contributed by atoms with E-state index in [0.29, 0.717) is 12.2 Å². The van der Waals surface area contributed by atoms with Gasteiger partial charge in [-0.1, -0.05) is 0 Å². The molecule has 0 aliphatic rings. The Kier molecular flexibility index (Phi) is 4.77. The molecule has 0 saturated heterocycles. The number of benzene rings is 1. The summed E-state index contributed by atoms with van der Waals surface area (Å²) in [6.07, 6.45) is 0. The molecule has 0 atom stereocenters. The van der Waals surface area contributed by atoms with Crippen molar-refractivity contribution >= 4 is 21.7 Å². The molecular weight excluding hydrogens is 280 g/mol. The predicted octanol–water partition coefficient (Wildman–Crippen LogP) is 1.89. The van der Waals surface area contributed by atoms with Gasteiger partial charge >= 0.3 is 5.97 Å². The number of carboxylic acids is 1. The molecule has 0 spiro atoms. The molecule has 6 nitrogen and oxygen atoms in total. The highest BCUT2D eigenvalue weighted by atomic mass is 32.2. The number of carbonyl (C=O) groups is 1. The second kappa shape index (κ2) is 5.80. The Hall–Kier alpha value is -1.60. The molecule has 20 heavy (non-hydrogen) atoms. The van der Waals surface area contributed by atoms with Crippen LogP contribution in [-0.4, -0.2) is 31.6 Å². The Labute approximate surface area is 119 Å². The van der Waals surface area contributed by atoms with E-state index in [0.717, 1.165) is 6.07 Å². The van der Waals surface area contributed by atoms with Gasteiger partial charge in [0.25, 0.3) is 0 Å². The topological polar surface area (TPSA) is 95.5 Å². The summed E-state index contributed by atoms with van der Waals surface area (Å²) in [7, 11) is -3.80. The van der Waals surface area contributed by atoms with E-state index in [1.54, 1.807) is 20.8 Å². The summed E-state index contributed by atoms with van der Waals surface area (Å²) in [5.41, 5.74) is -0.336. The monoisotopic (exact) mass is 300 g/mol. The van der Waals surface area contributed by atoms with Crippen molar-refractivity contribution in [2.45, 2.75) is 38.1 Å². The van der Waals surface area contributed by atoms with E-state index in [1.165, 1.54) is 12.1 Å². The molecule has 0 aromatic heterocycles. The van der Waals surface area contributed by atoms with Crippen molar-refractivity contribution in [2.75, 3.05) is 11.9 Å². The third-order valence-electron chi connectivity index (χ3n) is 2.33. The third kappa shape index (κ3) is 4.21. The number of carboxylic acid groups (broad SMARTS) is 1. The molecule has 0 radical (unpaired) electrons. The van der Waals surface area contributed by atoms with Crippen molar-refractivity contribution < 1.29 is 18.3 Å². The van der Waals surface area contributed by atoms with Gasteiger partial charge in [-0.2, -0.15) is 0 Å². The molecule has 0 aliphatic heterocycles. The summed E-state index contributed by atoms with van der Waals surface area (Å²) in [6, 6.07) is 4.00. The van der Waals surface area contributed by atoms with Crippen LogP contribution in [0.15, 0.2) is 23.1 Å². The maximum atomic E-state index is 12.4. The standard InChI is InChI=1S/C13H20N2O4S/c1-5-14-10-7-6-9(12(16)17)8-11(10)20(18,19)15-13(2,3)4/h6-8,14-15H,5H2,1-4H3,(H,16,17). The van der Waals surface area contributed by atoms with Crippen molar-refractivity contribution in [1.82, 2.24) is 4.72 Å². The van der Waals surface area contributed by atoms with Crippen LogP contribution in [0.25, 0.3) is 0 Å². The summed E-state index contributed by atoms with van der Waals surface area (Å²) in [5, 5.41) is 11.9. The van der Waals surface area contributed by atoms with Gasteiger partial charge in [-0.15, -0.1) is 0 Å². The quantitative estimate of drug-likeness (QED) is 0.772. The lowest BCUT2D eigenvalue weighted by molar-refractivity contribution is 0.0696. The first-order valence-corrected chi connectivity index (χ1v) is 7.70. The van der Waals surface area contributed by atoms with Gasteiger partial charge in [0.05, 0.1) is 11.3 Å². The zero-order valence-corrected chi connectivity index (χ0v) is 12.8. The predicted molar refractivity (Wildman–Crippen MR) is 77.6 cm³/mol. The normalized spacial score (nSPS) is 12.2. The number of anilines is 1. The number of nitrogens with one attached hydrogen (secondary N) is 2. The lowest BCUT2D eigenvalue weighted by Gasteiger charge is -2.22. The van der Waals surface area contributed by atoms with Crippen molar-refractivity contribution in [1.29, 1.82) is 0 Å². The Balaban J connectivity index is 3.39. The lowest BCUT2D eigenvalue weighted by atomic mass is 10.1. The molecule has 3 N–H and O–H groups in total. The molecule has 0 bridgehead atoms. The summed E-state index contributed by atoms with van der Waals surface area (Å²) in [6.45, 7) is 7.53. The molecule has 7 heteroatoms. The van der Waals surface area contributed by atoms with Crippen molar-refractivity contribution in [3.8, 4) is 0 Å². The van der Waals surface area contributed by atoms with Gasteiger partial charge in [0.1, 0.15) is 4.90 Å². The van der Waals surface area contributed by atoms with Crippen LogP contribution in [-0.2, 0) is 10.0 Å². The fraction of sp³-hybridized carbons (Fsp3) is 0.462. The number of rotatable bonds is 5. The zero-order chi connectivity index (χ0) is 15.6. The highest BCUT2D eigenvalue weighted by molar-refractivity contribution is 7.89. The molecule has 0 heterocycles. The highest BCUT2D eigenvalue weighted by Crippen LogP contribution is 2.24. The van der Waals surface area contributed by atoms with Crippen molar-refractivity contribution in [3.05, 3.63) is 23.8 Å². The number of hydrogen-bond donors (Lipinski definition) is 3. The molecule has 1 aromatic carbocycles. The van der Waals surface area contributed by atoms with Crippen LogP contribution < -0.4 is 10.0 Å². The Bertz CT molecular complexity index is 603. The molecule has 0 aliphatic carbocycles. The Morgan fingerprint density at radius 1 is 1.30 bits per heavy atom. The smallest absolute Gasteiger partial charge is 0.335 e. The Morgan fingerprint density at radius 2 is 1.90 bits per heavy atom. The molecule has 0 saturated carbocycles. The number of hydrogen-bond acceptors (Lipinski definition) is 4. The SMILES string of the molecule is CCNc1ccc(C(=O)O)cc1S(=O)(=O)NC(C)(C)C. The molecule has 0 fully saturated rings. The van der Waals surface area contributed by atoms with E-state index >= 15 is 0 Å². The first-order valence-electron chi connectivity index (χ1n) is 6.22. The minimum Gasteiger partial charge on any atom is -0.478 e. The molecule has 0 amide bonds. The van der Waals surface area contributed by atoms with E-state index < -0.39 is 21.5 Å². The van der Waals surface area contributed by atoms with E-state index in [2.05, 4.69) is 10.0 Å². The van der Waals surface area contributed by atoms with Gasteiger partial charge in [0, 0.05) is 12.1 Å². The van der Waals surface area contributed by atoms with E-state index in [1.807, 2.05) is 6.92 Å². The average Bonchev–Trinajstić information content (AvgIpc) is 2.26.